The lowest BCUT2D eigenvalue weighted by atomic mass is 10.2. The van der Waals surface area contributed by atoms with Crippen molar-refractivity contribution in [3.63, 3.8) is 0 Å². The van der Waals surface area contributed by atoms with Crippen LogP contribution < -0.4 is 14.8 Å². The highest BCUT2D eigenvalue weighted by Crippen LogP contribution is 2.27. The van der Waals surface area contributed by atoms with E-state index in [0.717, 1.165) is 0 Å². The minimum atomic E-state index is -1.09. The van der Waals surface area contributed by atoms with E-state index in [2.05, 4.69) is 5.32 Å². The number of hydrogen-bond acceptors (Lipinski definition) is 5. The molecule has 1 rings (SSSR count). The lowest BCUT2D eigenvalue weighted by Gasteiger charge is -2.10. The summed E-state index contributed by atoms with van der Waals surface area (Å²) in [6.07, 6.45) is 0. The third-order valence-corrected chi connectivity index (χ3v) is 2.13. The first-order valence-corrected chi connectivity index (χ1v) is 5.26. The second-order valence-electron chi connectivity index (χ2n) is 3.39. The van der Waals surface area contributed by atoms with Gasteiger partial charge in [-0.15, -0.1) is 0 Å². The number of ether oxygens (including phenoxy) is 2. The fraction of sp³-hybridized carbons (Fsp3) is 0.250. The van der Waals surface area contributed by atoms with Gasteiger partial charge in [-0.25, -0.2) is 4.79 Å². The Morgan fingerprint density at radius 1 is 1.42 bits per heavy atom. The number of rotatable bonds is 6. The number of carboxylic acid groups (broad SMARTS) is 1. The van der Waals surface area contributed by atoms with Crippen molar-refractivity contribution < 1.29 is 24.2 Å². The SMILES string of the molecule is COc1cc(C(=O)O)ccc1OCC(=O)NCC#N. The van der Waals surface area contributed by atoms with Crippen molar-refractivity contribution in [2.24, 2.45) is 0 Å². The van der Waals surface area contributed by atoms with Crippen molar-refractivity contribution in [3.05, 3.63) is 23.8 Å². The van der Waals surface area contributed by atoms with Gasteiger partial charge in [-0.1, -0.05) is 0 Å². The molecule has 0 aliphatic rings. The van der Waals surface area contributed by atoms with Crippen molar-refractivity contribution in [1.82, 2.24) is 5.32 Å². The van der Waals surface area contributed by atoms with Crippen LogP contribution in [0.4, 0.5) is 0 Å². The van der Waals surface area contributed by atoms with Gasteiger partial charge >= 0.3 is 5.97 Å². The van der Waals surface area contributed by atoms with E-state index >= 15 is 0 Å². The number of nitriles is 1. The zero-order chi connectivity index (χ0) is 14.3. The van der Waals surface area contributed by atoms with Crippen molar-refractivity contribution >= 4 is 11.9 Å². The first-order chi connectivity index (χ1) is 9.08. The van der Waals surface area contributed by atoms with Gasteiger partial charge < -0.3 is 19.9 Å². The average molecular weight is 264 g/mol. The molecule has 0 heterocycles. The molecule has 0 atom stereocenters. The Bertz CT molecular complexity index is 521. The first-order valence-electron chi connectivity index (χ1n) is 5.26. The molecular formula is C12H12N2O5. The summed E-state index contributed by atoms with van der Waals surface area (Å²) in [6.45, 7) is -0.387. The zero-order valence-corrected chi connectivity index (χ0v) is 10.2. The molecule has 0 aliphatic heterocycles. The molecule has 0 spiro atoms. The molecule has 0 bridgehead atoms. The Hall–Kier alpha value is -2.75. The van der Waals surface area contributed by atoms with E-state index in [1.807, 2.05) is 0 Å². The van der Waals surface area contributed by atoms with Crippen LogP contribution in [0.3, 0.4) is 0 Å². The lowest BCUT2D eigenvalue weighted by Crippen LogP contribution is -2.29. The highest BCUT2D eigenvalue weighted by atomic mass is 16.5. The molecule has 2 N–H and O–H groups in total. The highest BCUT2D eigenvalue weighted by molar-refractivity contribution is 5.88. The summed E-state index contributed by atoms with van der Waals surface area (Å²) in [7, 11) is 1.36. The number of carbonyl (C=O) groups excluding carboxylic acids is 1. The summed E-state index contributed by atoms with van der Waals surface area (Å²) < 4.78 is 10.2. The van der Waals surface area contributed by atoms with Crippen LogP contribution in [0.5, 0.6) is 11.5 Å². The molecule has 0 fully saturated rings. The molecule has 7 heteroatoms. The largest absolute Gasteiger partial charge is 0.493 e. The molecule has 7 nitrogen and oxygen atoms in total. The van der Waals surface area contributed by atoms with Gasteiger partial charge in [0.05, 0.1) is 18.7 Å². The Balaban J connectivity index is 2.71. The van der Waals surface area contributed by atoms with Crippen LogP contribution in [0.15, 0.2) is 18.2 Å². The smallest absolute Gasteiger partial charge is 0.335 e. The quantitative estimate of drug-likeness (QED) is 0.720. The van der Waals surface area contributed by atoms with Crippen LogP contribution in [0, 0.1) is 11.3 Å². The van der Waals surface area contributed by atoms with Gasteiger partial charge in [-0.3, -0.25) is 4.79 Å². The molecular weight excluding hydrogens is 252 g/mol. The summed E-state index contributed by atoms with van der Waals surface area (Å²) >= 11 is 0. The Labute approximate surface area is 109 Å². The molecule has 0 radical (unpaired) electrons. The summed E-state index contributed by atoms with van der Waals surface area (Å²) in [5.41, 5.74) is 0.0538. The van der Waals surface area contributed by atoms with Crippen LogP contribution in [0.25, 0.3) is 0 Å². The van der Waals surface area contributed by atoms with Gasteiger partial charge in [0.1, 0.15) is 6.54 Å². The zero-order valence-electron chi connectivity index (χ0n) is 10.2. The Morgan fingerprint density at radius 2 is 2.16 bits per heavy atom. The van der Waals surface area contributed by atoms with E-state index < -0.39 is 11.9 Å². The minimum Gasteiger partial charge on any atom is -0.493 e. The molecule has 1 amide bonds. The predicted octanol–water partition coefficient (Wildman–Crippen LogP) is 0.412. The van der Waals surface area contributed by atoms with Crippen LogP contribution in [-0.2, 0) is 4.79 Å². The number of nitrogens with one attached hydrogen (secondary N) is 1. The number of amides is 1. The molecule has 100 valence electrons. The number of aromatic carboxylic acids is 1. The summed E-state index contributed by atoms with van der Waals surface area (Å²) in [5.74, 6) is -1.07. The van der Waals surface area contributed by atoms with E-state index in [0.29, 0.717) is 0 Å². The Kier molecular flexibility index (Phi) is 5.17. The van der Waals surface area contributed by atoms with E-state index in [9.17, 15) is 9.59 Å². The minimum absolute atomic E-state index is 0.0538. The summed E-state index contributed by atoms with van der Waals surface area (Å²) in [4.78, 5) is 22.0. The summed E-state index contributed by atoms with van der Waals surface area (Å²) in [5, 5.41) is 19.4. The van der Waals surface area contributed by atoms with Crippen LogP contribution in [-0.4, -0.2) is 37.2 Å². The van der Waals surface area contributed by atoms with Gasteiger partial charge in [0.2, 0.25) is 0 Å². The normalized spacial score (nSPS) is 9.26. The van der Waals surface area contributed by atoms with Gasteiger partial charge in [0.25, 0.3) is 5.91 Å². The Morgan fingerprint density at radius 3 is 2.74 bits per heavy atom. The standard InChI is InChI=1S/C12H12N2O5/c1-18-10-6-8(12(16)17)2-3-9(10)19-7-11(15)14-5-4-13/h2-3,6H,5,7H2,1H3,(H,14,15)(H,16,17). The maximum Gasteiger partial charge on any atom is 0.335 e. The number of methoxy groups -OCH3 is 1. The average Bonchev–Trinajstić information content (AvgIpc) is 2.42. The van der Waals surface area contributed by atoms with Crippen LogP contribution in [0.2, 0.25) is 0 Å². The van der Waals surface area contributed by atoms with Crippen molar-refractivity contribution in [1.29, 1.82) is 5.26 Å². The maximum absolute atomic E-state index is 11.2. The second kappa shape index (κ2) is 6.86. The number of hydrogen-bond donors (Lipinski definition) is 2. The maximum atomic E-state index is 11.2. The molecule has 0 aliphatic carbocycles. The topological polar surface area (TPSA) is 109 Å². The van der Waals surface area contributed by atoms with Gasteiger partial charge in [-0.2, -0.15) is 5.26 Å². The molecule has 0 saturated heterocycles. The lowest BCUT2D eigenvalue weighted by molar-refractivity contribution is -0.122. The molecule has 0 saturated carbocycles. The third kappa shape index (κ3) is 4.20. The molecule has 19 heavy (non-hydrogen) atoms. The van der Waals surface area contributed by atoms with E-state index in [4.69, 9.17) is 19.8 Å². The van der Waals surface area contributed by atoms with Crippen molar-refractivity contribution in [2.45, 2.75) is 0 Å². The molecule has 0 unspecified atom stereocenters. The van der Waals surface area contributed by atoms with Gasteiger partial charge in [0, 0.05) is 0 Å². The van der Waals surface area contributed by atoms with Crippen molar-refractivity contribution in [2.75, 3.05) is 20.3 Å². The number of carbonyl (C=O) groups is 2. The predicted molar refractivity (Wildman–Crippen MR) is 64.1 cm³/mol. The molecule has 1 aromatic rings. The third-order valence-electron chi connectivity index (χ3n) is 2.13. The van der Waals surface area contributed by atoms with Crippen LogP contribution >= 0.6 is 0 Å². The van der Waals surface area contributed by atoms with E-state index in [1.165, 1.54) is 25.3 Å². The van der Waals surface area contributed by atoms with E-state index in [-0.39, 0.29) is 30.2 Å². The summed E-state index contributed by atoms with van der Waals surface area (Å²) in [6, 6.07) is 5.80. The van der Waals surface area contributed by atoms with Crippen LogP contribution in [0.1, 0.15) is 10.4 Å². The van der Waals surface area contributed by atoms with Crippen molar-refractivity contribution in [3.8, 4) is 17.6 Å². The highest BCUT2D eigenvalue weighted by Gasteiger charge is 2.11. The first kappa shape index (κ1) is 14.3. The molecule has 0 aromatic heterocycles. The monoisotopic (exact) mass is 264 g/mol. The van der Waals surface area contributed by atoms with Gasteiger partial charge in [0.15, 0.2) is 18.1 Å². The molecule has 1 aromatic carbocycles. The van der Waals surface area contributed by atoms with Gasteiger partial charge in [-0.05, 0) is 18.2 Å². The number of benzene rings is 1. The number of nitrogens with zero attached hydrogens (tertiary/aromatic N) is 1. The second-order valence-corrected chi connectivity index (χ2v) is 3.39. The fourth-order valence-electron chi connectivity index (χ4n) is 1.25. The van der Waals surface area contributed by atoms with E-state index in [1.54, 1.807) is 6.07 Å². The fourth-order valence-corrected chi connectivity index (χ4v) is 1.25. The number of carboxylic acids is 1.